The zero-order chi connectivity index (χ0) is 13.5. The lowest BCUT2D eigenvalue weighted by Gasteiger charge is -2.09. The molecule has 1 amide bonds. The second kappa shape index (κ2) is 7.00. The van der Waals surface area contributed by atoms with Crippen LogP contribution in [0.1, 0.15) is 12.5 Å². The van der Waals surface area contributed by atoms with E-state index in [1.807, 2.05) is 6.92 Å². The van der Waals surface area contributed by atoms with Gasteiger partial charge < -0.3 is 15.8 Å². The molecular formula is C12H18N2O3S. The highest BCUT2D eigenvalue weighted by Gasteiger charge is 2.11. The quantitative estimate of drug-likeness (QED) is 0.744. The third-order valence-corrected chi connectivity index (χ3v) is 3.51. The normalized spacial score (nSPS) is 11.9. The molecule has 0 fully saturated rings. The Morgan fingerprint density at radius 2 is 2.22 bits per heavy atom. The number of benzene rings is 1. The molecule has 0 saturated heterocycles. The van der Waals surface area contributed by atoms with Crippen LogP contribution in [-0.4, -0.2) is 29.5 Å². The lowest BCUT2D eigenvalue weighted by molar-refractivity contribution is -0.118. The summed E-state index contributed by atoms with van der Waals surface area (Å²) in [5.74, 6) is 0.673. The lowest BCUT2D eigenvalue weighted by atomic mass is 10.2. The van der Waals surface area contributed by atoms with Gasteiger partial charge in [-0.25, -0.2) is 0 Å². The van der Waals surface area contributed by atoms with Gasteiger partial charge in [0.15, 0.2) is 0 Å². The maximum absolute atomic E-state index is 11.8. The maximum Gasteiger partial charge on any atom is 0.232 e. The van der Waals surface area contributed by atoms with E-state index < -0.39 is 10.8 Å². The van der Waals surface area contributed by atoms with Crippen LogP contribution in [0.5, 0.6) is 5.75 Å². The zero-order valence-electron chi connectivity index (χ0n) is 10.6. The van der Waals surface area contributed by atoms with Crippen molar-refractivity contribution in [2.75, 3.05) is 25.1 Å². The molecule has 1 atom stereocenters. The molecule has 1 rings (SSSR count). The first-order valence-electron chi connectivity index (χ1n) is 5.60. The Labute approximate surface area is 109 Å². The van der Waals surface area contributed by atoms with Crippen molar-refractivity contribution >= 4 is 22.4 Å². The van der Waals surface area contributed by atoms with E-state index in [9.17, 15) is 9.00 Å². The summed E-state index contributed by atoms with van der Waals surface area (Å²) in [7, 11) is 0.279. The number of amides is 1. The summed E-state index contributed by atoms with van der Waals surface area (Å²) < 4.78 is 17.0. The average Bonchev–Trinajstić information content (AvgIpc) is 2.31. The molecule has 0 aromatic heterocycles. The number of hydrogen-bond donors (Lipinski definition) is 2. The Kier molecular flexibility index (Phi) is 5.64. The van der Waals surface area contributed by atoms with Gasteiger partial charge in [-0.1, -0.05) is 6.07 Å². The van der Waals surface area contributed by atoms with Crippen molar-refractivity contribution in [3.05, 3.63) is 23.8 Å². The van der Waals surface area contributed by atoms with Gasteiger partial charge in [0, 0.05) is 34.7 Å². The van der Waals surface area contributed by atoms with E-state index in [1.165, 1.54) is 7.11 Å². The van der Waals surface area contributed by atoms with Gasteiger partial charge in [-0.3, -0.25) is 9.00 Å². The Morgan fingerprint density at radius 3 is 2.83 bits per heavy atom. The number of ether oxygens (including phenoxy) is 1. The van der Waals surface area contributed by atoms with E-state index in [2.05, 4.69) is 5.32 Å². The molecule has 1 aromatic rings. The van der Waals surface area contributed by atoms with Gasteiger partial charge in [-0.15, -0.1) is 0 Å². The van der Waals surface area contributed by atoms with Crippen LogP contribution in [0.4, 0.5) is 5.69 Å². The van der Waals surface area contributed by atoms with Crippen molar-refractivity contribution in [3.63, 3.8) is 0 Å². The lowest BCUT2D eigenvalue weighted by Crippen LogP contribution is -2.28. The fraction of sp³-hybridized carbons (Fsp3) is 0.417. The summed E-state index contributed by atoms with van der Waals surface area (Å²) in [5, 5.41) is 2.62. The van der Waals surface area contributed by atoms with E-state index in [1.54, 1.807) is 18.2 Å². The van der Waals surface area contributed by atoms with Crippen LogP contribution in [0.2, 0.25) is 0 Å². The topological polar surface area (TPSA) is 81.4 Å². The monoisotopic (exact) mass is 270 g/mol. The third-order valence-electron chi connectivity index (χ3n) is 2.29. The third kappa shape index (κ3) is 4.37. The summed E-state index contributed by atoms with van der Waals surface area (Å²) in [6.07, 6.45) is 0. The Hall–Kier alpha value is -1.56. The van der Waals surface area contributed by atoms with Crippen molar-refractivity contribution in [2.24, 2.45) is 0 Å². The summed E-state index contributed by atoms with van der Waals surface area (Å²) in [4.78, 5) is 11.3. The molecule has 0 spiro atoms. The minimum Gasteiger partial charge on any atom is -0.496 e. The number of carbonyl (C=O) groups is 1. The van der Waals surface area contributed by atoms with Gasteiger partial charge in [0.1, 0.15) is 11.5 Å². The average molecular weight is 270 g/mol. The minimum atomic E-state index is -1.25. The molecule has 0 aliphatic rings. The number of nitrogens with one attached hydrogen (secondary N) is 1. The molecule has 0 aliphatic heterocycles. The number of rotatable bonds is 6. The first-order valence-corrected chi connectivity index (χ1v) is 7.09. The van der Waals surface area contributed by atoms with E-state index in [4.69, 9.17) is 10.5 Å². The number of nitrogens with two attached hydrogens (primary N) is 1. The van der Waals surface area contributed by atoms with Crippen molar-refractivity contribution < 1.29 is 13.7 Å². The van der Waals surface area contributed by atoms with Crippen LogP contribution in [-0.2, 0) is 21.3 Å². The van der Waals surface area contributed by atoms with Gasteiger partial charge in [-0.2, -0.15) is 0 Å². The first kappa shape index (κ1) is 14.5. The second-order valence-electron chi connectivity index (χ2n) is 3.75. The van der Waals surface area contributed by atoms with Gasteiger partial charge in [0.25, 0.3) is 0 Å². The summed E-state index contributed by atoms with van der Waals surface area (Å²) in [5.41, 5.74) is 7.01. The Morgan fingerprint density at radius 1 is 1.50 bits per heavy atom. The molecule has 0 bridgehead atoms. The smallest absolute Gasteiger partial charge is 0.232 e. The molecule has 1 aromatic carbocycles. The SMILES string of the molecule is CCNC(=O)CS(=O)Cc1ccc(N)cc1OC. The van der Waals surface area contributed by atoms with E-state index in [0.717, 1.165) is 5.56 Å². The molecule has 5 nitrogen and oxygen atoms in total. The highest BCUT2D eigenvalue weighted by atomic mass is 32.2. The molecule has 0 saturated carbocycles. The van der Waals surface area contributed by atoms with Crippen LogP contribution in [0.15, 0.2) is 18.2 Å². The Balaban J connectivity index is 2.67. The molecule has 100 valence electrons. The number of nitrogen functional groups attached to an aromatic ring is 1. The van der Waals surface area contributed by atoms with E-state index in [0.29, 0.717) is 18.0 Å². The fourth-order valence-corrected chi connectivity index (χ4v) is 2.58. The van der Waals surface area contributed by atoms with Gasteiger partial charge >= 0.3 is 0 Å². The van der Waals surface area contributed by atoms with Crippen LogP contribution < -0.4 is 15.8 Å². The van der Waals surface area contributed by atoms with Crippen molar-refractivity contribution in [3.8, 4) is 5.75 Å². The van der Waals surface area contributed by atoms with Gasteiger partial charge in [0.05, 0.1) is 12.9 Å². The number of anilines is 1. The predicted octanol–water partition coefficient (Wildman–Crippen LogP) is 0.662. The van der Waals surface area contributed by atoms with Crippen LogP contribution in [0.25, 0.3) is 0 Å². The predicted molar refractivity (Wildman–Crippen MR) is 72.8 cm³/mol. The minimum absolute atomic E-state index is 0.00136. The highest BCUT2D eigenvalue weighted by molar-refractivity contribution is 7.84. The van der Waals surface area contributed by atoms with Gasteiger partial charge in [-0.05, 0) is 13.0 Å². The van der Waals surface area contributed by atoms with E-state index in [-0.39, 0.29) is 17.4 Å². The van der Waals surface area contributed by atoms with E-state index >= 15 is 0 Å². The van der Waals surface area contributed by atoms with Crippen molar-refractivity contribution in [2.45, 2.75) is 12.7 Å². The van der Waals surface area contributed by atoms with Crippen molar-refractivity contribution in [1.82, 2.24) is 5.32 Å². The highest BCUT2D eigenvalue weighted by Crippen LogP contribution is 2.22. The molecule has 0 radical (unpaired) electrons. The largest absolute Gasteiger partial charge is 0.496 e. The molecule has 18 heavy (non-hydrogen) atoms. The molecular weight excluding hydrogens is 252 g/mol. The zero-order valence-corrected chi connectivity index (χ0v) is 11.4. The molecule has 6 heteroatoms. The van der Waals surface area contributed by atoms with Crippen LogP contribution >= 0.6 is 0 Å². The van der Waals surface area contributed by atoms with Crippen LogP contribution in [0.3, 0.4) is 0 Å². The summed E-state index contributed by atoms with van der Waals surface area (Å²) >= 11 is 0. The second-order valence-corrected chi connectivity index (χ2v) is 5.21. The summed E-state index contributed by atoms with van der Waals surface area (Å²) in [6.45, 7) is 2.37. The summed E-state index contributed by atoms with van der Waals surface area (Å²) in [6, 6.07) is 5.17. The number of hydrogen-bond acceptors (Lipinski definition) is 4. The first-order chi connectivity index (χ1) is 8.56. The number of carbonyl (C=O) groups excluding carboxylic acids is 1. The number of methoxy groups -OCH3 is 1. The molecule has 0 heterocycles. The molecule has 1 unspecified atom stereocenters. The molecule has 0 aliphatic carbocycles. The Bertz CT molecular complexity index is 449. The fourth-order valence-electron chi connectivity index (χ4n) is 1.50. The maximum atomic E-state index is 11.8. The van der Waals surface area contributed by atoms with Gasteiger partial charge in [0.2, 0.25) is 5.91 Å². The molecule has 3 N–H and O–H groups in total. The standard InChI is InChI=1S/C12H18N2O3S/c1-3-14-12(15)8-18(16)7-9-4-5-10(13)6-11(9)17-2/h4-6H,3,7-8,13H2,1-2H3,(H,14,15). The van der Waals surface area contributed by atoms with Crippen LogP contribution in [0, 0.1) is 0 Å². The van der Waals surface area contributed by atoms with Crippen molar-refractivity contribution in [1.29, 1.82) is 0 Å².